The van der Waals surface area contributed by atoms with E-state index in [2.05, 4.69) is 67.5 Å². The number of aromatic nitrogens is 4. The van der Waals surface area contributed by atoms with Crippen molar-refractivity contribution in [1.82, 2.24) is 19.9 Å². The minimum atomic E-state index is -0.472. The highest BCUT2D eigenvalue weighted by Gasteiger charge is 2.52. The first kappa shape index (κ1) is 52.6. The zero-order chi connectivity index (χ0) is 50.2. The van der Waals surface area contributed by atoms with Gasteiger partial charge in [-0.3, -0.25) is 9.97 Å². The number of nitrogens with zero attached hydrogens (tertiary/aromatic N) is 4. The highest BCUT2D eigenvalue weighted by atomic mass is 35.5. The Labute approximate surface area is 418 Å². The first-order valence-corrected chi connectivity index (χ1v) is 24.9. The van der Waals surface area contributed by atoms with Crippen LogP contribution in [0.3, 0.4) is 0 Å². The van der Waals surface area contributed by atoms with Crippen LogP contribution in [-0.2, 0) is 41.1 Å². The Morgan fingerprint density at radius 1 is 0.700 bits per heavy atom. The highest BCUT2D eigenvalue weighted by molar-refractivity contribution is 6.54. The van der Waals surface area contributed by atoms with E-state index in [9.17, 15) is 9.59 Å². The third-order valence-corrected chi connectivity index (χ3v) is 13.8. The van der Waals surface area contributed by atoms with Gasteiger partial charge in [0.05, 0.1) is 92.9 Å². The number of hydrogen-bond donors (Lipinski definition) is 0. The van der Waals surface area contributed by atoms with Crippen LogP contribution in [0, 0.1) is 0 Å². The van der Waals surface area contributed by atoms with E-state index < -0.39 is 11.9 Å². The SMILES string of the molecule is CC1=C(B2OC(C)(C)C(C)(C)O2)CCOC1.CCOc1c(Cc2ncc(C3CC3)nc2C(=O)OC)cccc1C1=C(C)COCC1.CCOc1c(Cl)cccc1Cc1ncc(C2CC2)nc1C(=O)OC. The van der Waals surface area contributed by atoms with Gasteiger partial charge in [-0.25, -0.2) is 19.6 Å². The molecule has 2 saturated carbocycles. The molecule has 0 N–H and O–H groups in total. The van der Waals surface area contributed by atoms with E-state index in [4.69, 9.17) is 49.3 Å². The van der Waals surface area contributed by atoms with E-state index in [1.807, 2.05) is 38.1 Å². The summed E-state index contributed by atoms with van der Waals surface area (Å²) in [6, 6.07) is 11.7. The molecule has 16 heteroatoms. The minimum Gasteiger partial charge on any atom is -0.493 e. The number of carbonyl (C=O) groups is 2. The van der Waals surface area contributed by atoms with Crippen molar-refractivity contribution in [3.63, 3.8) is 0 Å². The maximum Gasteiger partial charge on any atom is 0.490 e. The van der Waals surface area contributed by atoms with E-state index in [-0.39, 0.29) is 24.0 Å². The average Bonchev–Trinajstić information content (AvgIpc) is 4.29. The molecule has 5 aliphatic rings. The van der Waals surface area contributed by atoms with Gasteiger partial charge < -0.3 is 37.7 Å². The number of esters is 2. The lowest BCUT2D eigenvalue weighted by atomic mass is 9.73. The Balaban J connectivity index is 0.000000162. The second-order valence-corrected chi connectivity index (χ2v) is 19.6. The number of para-hydroxylation sites is 2. The van der Waals surface area contributed by atoms with Gasteiger partial charge in [0.15, 0.2) is 11.4 Å². The van der Waals surface area contributed by atoms with Crippen molar-refractivity contribution < 1.29 is 47.3 Å². The van der Waals surface area contributed by atoms with Gasteiger partial charge >= 0.3 is 19.1 Å². The van der Waals surface area contributed by atoms with Crippen LogP contribution in [0.2, 0.25) is 5.02 Å². The predicted octanol–water partition coefficient (Wildman–Crippen LogP) is 10.5. The molecule has 14 nitrogen and oxygen atoms in total. The van der Waals surface area contributed by atoms with Crippen molar-refractivity contribution in [3.8, 4) is 11.5 Å². The normalized spacial score (nSPS) is 18.3. The van der Waals surface area contributed by atoms with Crippen molar-refractivity contribution in [2.75, 3.05) is 53.9 Å². The standard InChI is InChI=1S/C24H28N2O4.C18H19ClN2O3.C12H21BO3/c1-4-30-23-17(6-5-7-19(23)18-10-11-29-14-15(18)2)12-20-22(24(27)28-3)26-21(13-25-20)16-8-9-16;1-3-24-17-12(5-4-6-13(17)19)9-14-16(18(22)23-2)21-15(10-20-14)11-7-8-11;1-9-8-14-7-6-10(9)13-15-11(2,3)12(4,5)16-13/h5-7,13,16H,4,8-12,14H2,1-3H3;4-6,10-11H,3,7-9H2,1-2H3;6-8H2,1-5H3. The predicted molar refractivity (Wildman–Crippen MR) is 269 cm³/mol. The number of methoxy groups -OCH3 is 2. The molecule has 3 fully saturated rings. The van der Waals surface area contributed by atoms with E-state index in [0.717, 1.165) is 79.0 Å². The Kier molecular flexibility index (Phi) is 17.6. The molecule has 374 valence electrons. The first-order chi connectivity index (χ1) is 33.6. The Hall–Kier alpha value is -5.19. The molecule has 0 bridgehead atoms. The molecular weight excluding hydrogens is 911 g/mol. The largest absolute Gasteiger partial charge is 0.493 e. The zero-order valence-corrected chi connectivity index (χ0v) is 43.3. The van der Waals surface area contributed by atoms with Gasteiger partial charge in [-0.15, -0.1) is 0 Å². The van der Waals surface area contributed by atoms with Crippen LogP contribution in [0.15, 0.2) is 65.4 Å². The van der Waals surface area contributed by atoms with Crippen molar-refractivity contribution in [2.24, 2.45) is 0 Å². The van der Waals surface area contributed by atoms with Crippen LogP contribution in [0.4, 0.5) is 0 Å². The number of halogens is 1. The molecule has 70 heavy (non-hydrogen) atoms. The topological polar surface area (TPSA) is 160 Å². The fraction of sp³-hybridized carbons (Fsp3) is 0.519. The Morgan fingerprint density at radius 3 is 1.67 bits per heavy atom. The van der Waals surface area contributed by atoms with Gasteiger partial charge in [-0.05, 0) is 117 Å². The lowest BCUT2D eigenvalue weighted by molar-refractivity contribution is 0.00578. The van der Waals surface area contributed by atoms with E-state index in [1.54, 1.807) is 18.5 Å². The molecule has 3 aliphatic heterocycles. The van der Waals surface area contributed by atoms with Crippen LogP contribution in [-0.4, -0.2) is 104 Å². The van der Waals surface area contributed by atoms with Crippen molar-refractivity contribution in [1.29, 1.82) is 0 Å². The summed E-state index contributed by atoms with van der Waals surface area (Å²) in [5.41, 5.74) is 11.0. The van der Waals surface area contributed by atoms with E-state index >= 15 is 0 Å². The molecule has 0 spiro atoms. The lowest BCUT2D eigenvalue weighted by Crippen LogP contribution is -2.41. The summed E-state index contributed by atoms with van der Waals surface area (Å²) < 4.78 is 44.7. The quantitative estimate of drug-likeness (QED) is 0.0867. The van der Waals surface area contributed by atoms with Gasteiger partial charge in [0, 0.05) is 53.8 Å². The summed E-state index contributed by atoms with van der Waals surface area (Å²) in [4.78, 5) is 42.7. The molecule has 0 radical (unpaired) electrons. The van der Waals surface area contributed by atoms with Gasteiger partial charge in [0.1, 0.15) is 11.5 Å². The van der Waals surface area contributed by atoms with Crippen LogP contribution < -0.4 is 9.47 Å². The summed E-state index contributed by atoms with van der Waals surface area (Å²) in [6.45, 7) is 20.3. The number of ether oxygens (including phenoxy) is 6. The molecule has 1 saturated heterocycles. The summed E-state index contributed by atoms with van der Waals surface area (Å²) >= 11 is 6.23. The van der Waals surface area contributed by atoms with Crippen LogP contribution in [0.1, 0.15) is 166 Å². The lowest BCUT2D eigenvalue weighted by Gasteiger charge is -2.32. The van der Waals surface area contributed by atoms with Crippen LogP contribution >= 0.6 is 11.6 Å². The van der Waals surface area contributed by atoms with Crippen LogP contribution in [0.5, 0.6) is 11.5 Å². The molecule has 2 aromatic heterocycles. The molecule has 2 aliphatic carbocycles. The zero-order valence-electron chi connectivity index (χ0n) is 42.5. The van der Waals surface area contributed by atoms with Gasteiger partial charge in [0.25, 0.3) is 0 Å². The highest BCUT2D eigenvalue weighted by Crippen LogP contribution is 2.42. The second kappa shape index (κ2) is 23.4. The fourth-order valence-corrected chi connectivity index (χ4v) is 8.75. The molecule has 4 aromatic rings. The smallest absolute Gasteiger partial charge is 0.490 e. The number of carbonyl (C=O) groups excluding carboxylic acids is 2. The van der Waals surface area contributed by atoms with E-state index in [1.165, 1.54) is 36.4 Å². The second-order valence-electron chi connectivity index (χ2n) is 19.2. The summed E-state index contributed by atoms with van der Waals surface area (Å²) in [7, 11) is 2.54. The molecule has 0 amide bonds. The molecule has 9 rings (SSSR count). The number of benzene rings is 2. The summed E-state index contributed by atoms with van der Waals surface area (Å²) in [5, 5.41) is 0.538. The average molecular weight is 979 g/mol. The molecule has 0 unspecified atom stereocenters. The number of rotatable bonds is 14. The monoisotopic (exact) mass is 978 g/mol. The Bertz CT molecular complexity index is 2580. The maximum absolute atomic E-state index is 12.4. The maximum atomic E-state index is 12.4. The summed E-state index contributed by atoms with van der Waals surface area (Å²) in [6.07, 6.45) is 10.6. The fourth-order valence-electron chi connectivity index (χ4n) is 8.50. The molecule has 0 atom stereocenters. The van der Waals surface area contributed by atoms with Gasteiger partial charge in [-0.1, -0.05) is 47.5 Å². The van der Waals surface area contributed by atoms with Crippen molar-refractivity contribution in [3.05, 3.63) is 121 Å². The minimum absolute atomic E-state index is 0.186. The van der Waals surface area contributed by atoms with Gasteiger partial charge in [0.2, 0.25) is 0 Å². The third kappa shape index (κ3) is 12.6. The number of hydrogen-bond acceptors (Lipinski definition) is 14. The van der Waals surface area contributed by atoms with Crippen molar-refractivity contribution in [2.45, 2.75) is 130 Å². The molecule has 5 heterocycles. The molecule has 2 aromatic carbocycles. The first-order valence-electron chi connectivity index (χ1n) is 24.5. The third-order valence-electron chi connectivity index (χ3n) is 13.5. The van der Waals surface area contributed by atoms with Crippen molar-refractivity contribution >= 4 is 36.2 Å². The Morgan fingerprint density at radius 2 is 1.19 bits per heavy atom. The summed E-state index contributed by atoms with van der Waals surface area (Å²) in [5.74, 6) is 1.38. The van der Waals surface area contributed by atoms with Crippen LogP contribution in [0.25, 0.3) is 5.57 Å². The van der Waals surface area contributed by atoms with Gasteiger partial charge in [-0.2, -0.15) is 0 Å². The molecular formula is C54H68BClN4O10. The van der Waals surface area contributed by atoms with E-state index in [0.29, 0.717) is 85.6 Å².